The van der Waals surface area contributed by atoms with Gasteiger partial charge in [-0.15, -0.1) is 0 Å². The number of Topliss-reactive ketones (excluding diaryl/α,β-unsaturated/α-hetero) is 3. The number of para-hydroxylation sites is 1. The van der Waals surface area contributed by atoms with Crippen LogP contribution in [0.3, 0.4) is 0 Å². The van der Waals surface area contributed by atoms with Gasteiger partial charge in [-0.25, -0.2) is 5.43 Å². The number of hydrogen-bond donors (Lipinski definition) is 1. The Morgan fingerprint density at radius 2 is 1.25 bits per heavy atom. The average molecular weight is 493 g/mol. The molecule has 1 heterocycles. The molecule has 5 nitrogen and oxygen atoms in total. The van der Waals surface area contributed by atoms with Crippen molar-refractivity contribution in [1.82, 2.24) is 5.43 Å². The number of rotatable bonds is 4. The van der Waals surface area contributed by atoms with Crippen LogP contribution in [0, 0.1) is 0 Å². The molecule has 36 heavy (non-hydrogen) atoms. The maximum atomic E-state index is 14.3. The summed E-state index contributed by atoms with van der Waals surface area (Å²) in [5.74, 6) is -1.68. The van der Waals surface area contributed by atoms with Gasteiger partial charge in [-0.3, -0.25) is 19.4 Å². The first-order valence-electron chi connectivity index (χ1n) is 11.7. The van der Waals surface area contributed by atoms with Crippen LogP contribution < -0.4 is 10.4 Å². The summed E-state index contributed by atoms with van der Waals surface area (Å²) in [7, 11) is 0. The van der Waals surface area contributed by atoms with Crippen LogP contribution in [-0.2, 0) is 0 Å². The summed E-state index contributed by atoms with van der Waals surface area (Å²) in [5.41, 5.74) is 4.13. The third-order valence-electron chi connectivity index (χ3n) is 7.10. The van der Waals surface area contributed by atoms with Gasteiger partial charge in [-0.1, -0.05) is 96.5 Å². The molecule has 1 fully saturated rings. The van der Waals surface area contributed by atoms with E-state index in [1.807, 2.05) is 36.4 Å². The van der Waals surface area contributed by atoms with Gasteiger partial charge in [0, 0.05) is 27.6 Å². The van der Waals surface area contributed by atoms with Crippen LogP contribution in [0.15, 0.2) is 109 Å². The standard InChI is InChI=1S/C30H21ClN2O3/c31-21-17-15-19(16-18-21)25-26(27(34)20-9-3-1-4-10-20)32-33(22-11-5-2-6-12-22)30(25)28(35)23-13-7-8-14-24(23)29(30)36/h1-18,25-26,32H. The van der Waals surface area contributed by atoms with Gasteiger partial charge in [-0.2, -0.15) is 0 Å². The Bertz CT molecular complexity index is 1450. The van der Waals surface area contributed by atoms with Gasteiger partial charge >= 0.3 is 0 Å². The van der Waals surface area contributed by atoms with Crippen LogP contribution in [0.5, 0.6) is 0 Å². The highest BCUT2D eigenvalue weighted by Crippen LogP contribution is 2.51. The third kappa shape index (κ3) is 3.17. The van der Waals surface area contributed by atoms with Crippen molar-refractivity contribution in [2.75, 3.05) is 5.01 Å². The van der Waals surface area contributed by atoms with E-state index in [0.717, 1.165) is 0 Å². The van der Waals surface area contributed by atoms with E-state index in [1.54, 1.807) is 77.8 Å². The Hall–Kier alpha value is -4.06. The first kappa shape index (κ1) is 22.4. The molecule has 0 aromatic heterocycles. The number of carbonyl (C=O) groups is 3. The van der Waals surface area contributed by atoms with Gasteiger partial charge in [-0.05, 0) is 29.8 Å². The number of ketones is 3. The monoisotopic (exact) mass is 492 g/mol. The molecule has 6 heteroatoms. The lowest BCUT2D eigenvalue weighted by atomic mass is 9.71. The fourth-order valence-electron chi connectivity index (χ4n) is 5.53. The fourth-order valence-corrected chi connectivity index (χ4v) is 5.65. The normalized spacial score (nSPS) is 20.1. The lowest BCUT2D eigenvalue weighted by molar-refractivity contribution is 0.0780. The summed E-state index contributed by atoms with van der Waals surface area (Å²) >= 11 is 6.19. The van der Waals surface area contributed by atoms with Crippen molar-refractivity contribution in [3.63, 3.8) is 0 Å². The lowest BCUT2D eigenvalue weighted by Gasteiger charge is -2.36. The summed E-state index contributed by atoms with van der Waals surface area (Å²) in [6.07, 6.45) is 0. The van der Waals surface area contributed by atoms with Gasteiger partial charge < -0.3 is 0 Å². The molecule has 1 aliphatic carbocycles. The maximum Gasteiger partial charge on any atom is 0.199 e. The summed E-state index contributed by atoms with van der Waals surface area (Å²) in [6.45, 7) is 0. The molecule has 2 atom stereocenters. The predicted octanol–water partition coefficient (Wildman–Crippen LogP) is 5.52. The molecule has 1 spiro atoms. The van der Waals surface area contributed by atoms with Gasteiger partial charge in [0.15, 0.2) is 22.9 Å². The number of nitrogens with zero attached hydrogens (tertiary/aromatic N) is 1. The van der Waals surface area contributed by atoms with E-state index < -0.39 is 17.5 Å². The lowest BCUT2D eigenvalue weighted by Crippen LogP contribution is -2.58. The van der Waals surface area contributed by atoms with Crippen LogP contribution in [0.4, 0.5) is 5.69 Å². The minimum atomic E-state index is -1.69. The van der Waals surface area contributed by atoms with Crippen LogP contribution in [-0.4, -0.2) is 28.9 Å². The van der Waals surface area contributed by atoms with E-state index >= 15 is 0 Å². The largest absolute Gasteiger partial charge is 0.292 e. The van der Waals surface area contributed by atoms with Gasteiger partial charge in [0.2, 0.25) is 0 Å². The second-order valence-corrected chi connectivity index (χ2v) is 9.44. The molecule has 0 saturated carbocycles. The van der Waals surface area contributed by atoms with Crippen molar-refractivity contribution in [2.24, 2.45) is 0 Å². The second-order valence-electron chi connectivity index (χ2n) is 9.01. The number of hydrogen-bond acceptors (Lipinski definition) is 5. The van der Waals surface area contributed by atoms with Gasteiger partial charge in [0.1, 0.15) is 0 Å². The highest BCUT2D eigenvalue weighted by Gasteiger charge is 2.68. The second kappa shape index (κ2) is 8.55. The zero-order chi connectivity index (χ0) is 24.9. The molecular formula is C30H21ClN2O3. The Balaban J connectivity index is 1.63. The van der Waals surface area contributed by atoms with E-state index in [4.69, 9.17) is 11.6 Å². The molecule has 176 valence electrons. The van der Waals surface area contributed by atoms with E-state index in [9.17, 15) is 14.4 Å². The molecule has 1 N–H and O–H groups in total. The van der Waals surface area contributed by atoms with Crippen molar-refractivity contribution >= 4 is 34.6 Å². The number of nitrogens with one attached hydrogen (secondary N) is 1. The molecule has 2 unspecified atom stereocenters. The molecule has 2 aliphatic rings. The van der Waals surface area contributed by atoms with Crippen molar-refractivity contribution in [1.29, 1.82) is 0 Å². The van der Waals surface area contributed by atoms with Crippen LogP contribution in [0.25, 0.3) is 0 Å². The van der Waals surface area contributed by atoms with Crippen molar-refractivity contribution in [2.45, 2.75) is 17.5 Å². The molecule has 4 aromatic rings. The zero-order valence-corrected chi connectivity index (χ0v) is 19.9. The number of halogens is 1. The molecule has 1 saturated heterocycles. The Labute approximate surface area is 213 Å². The molecule has 0 radical (unpaired) electrons. The average Bonchev–Trinajstić information content (AvgIpc) is 3.40. The number of fused-ring (bicyclic) bond motifs is 1. The predicted molar refractivity (Wildman–Crippen MR) is 139 cm³/mol. The van der Waals surface area contributed by atoms with Crippen LogP contribution in [0.1, 0.15) is 42.6 Å². The zero-order valence-electron chi connectivity index (χ0n) is 19.1. The summed E-state index contributed by atoms with van der Waals surface area (Å²) < 4.78 is 0. The third-order valence-corrected chi connectivity index (χ3v) is 7.35. The van der Waals surface area contributed by atoms with E-state index in [2.05, 4.69) is 5.43 Å². The van der Waals surface area contributed by atoms with Crippen LogP contribution >= 0.6 is 11.6 Å². The quantitative estimate of drug-likeness (QED) is 0.300. The molecule has 4 aromatic carbocycles. The Kier molecular flexibility index (Phi) is 5.32. The van der Waals surface area contributed by atoms with Gasteiger partial charge in [0.25, 0.3) is 0 Å². The highest BCUT2D eigenvalue weighted by molar-refractivity contribution is 6.36. The van der Waals surface area contributed by atoms with Crippen molar-refractivity contribution < 1.29 is 14.4 Å². The fraction of sp³-hybridized carbons (Fsp3) is 0.100. The minimum Gasteiger partial charge on any atom is -0.292 e. The van der Waals surface area contributed by atoms with E-state index in [1.165, 1.54) is 0 Å². The summed E-state index contributed by atoms with van der Waals surface area (Å²) in [6, 6.07) is 31.1. The Morgan fingerprint density at radius 1 is 0.722 bits per heavy atom. The summed E-state index contributed by atoms with van der Waals surface area (Å²) in [4.78, 5) is 42.6. The number of benzene rings is 4. The van der Waals surface area contributed by atoms with Crippen molar-refractivity contribution in [3.05, 3.63) is 136 Å². The number of anilines is 1. The summed E-state index contributed by atoms with van der Waals surface area (Å²) in [5, 5.41) is 2.14. The van der Waals surface area contributed by atoms with Crippen molar-refractivity contribution in [3.8, 4) is 0 Å². The molecule has 0 bridgehead atoms. The topological polar surface area (TPSA) is 66.5 Å². The maximum absolute atomic E-state index is 14.3. The van der Waals surface area contributed by atoms with E-state index in [0.29, 0.717) is 33.0 Å². The van der Waals surface area contributed by atoms with E-state index in [-0.39, 0.29) is 17.3 Å². The number of carbonyl (C=O) groups excluding carboxylic acids is 3. The first-order chi connectivity index (χ1) is 17.5. The van der Waals surface area contributed by atoms with Crippen LogP contribution in [0.2, 0.25) is 5.02 Å². The molecular weight excluding hydrogens is 472 g/mol. The van der Waals surface area contributed by atoms with Gasteiger partial charge in [0.05, 0.1) is 11.7 Å². The Morgan fingerprint density at radius 3 is 1.83 bits per heavy atom. The minimum absolute atomic E-state index is 0.204. The number of hydrazine groups is 1. The molecule has 6 rings (SSSR count). The molecule has 1 aliphatic heterocycles. The SMILES string of the molecule is O=C(c1ccccc1)C1NN(c2ccccc2)C2(C(=O)c3ccccc3C2=O)C1c1ccc(Cl)cc1. The first-order valence-corrected chi connectivity index (χ1v) is 12.1. The smallest absolute Gasteiger partial charge is 0.199 e. The molecule has 0 amide bonds. The highest BCUT2D eigenvalue weighted by atomic mass is 35.5.